The molecule has 20 heavy (non-hydrogen) atoms. The number of aromatic hydroxyl groups is 1. The second kappa shape index (κ2) is 6.90. The van der Waals surface area contributed by atoms with Gasteiger partial charge >= 0.3 is 0 Å². The molecule has 2 aromatic rings. The predicted octanol–water partition coefficient (Wildman–Crippen LogP) is 4.74. The molecule has 2 rings (SSSR count). The Labute approximate surface area is 120 Å². The molecule has 0 aliphatic rings. The van der Waals surface area contributed by atoms with Gasteiger partial charge in [0.05, 0.1) is 6.04 Å². The Balaban J connectivity index is 2.33. The van der Waals surface area contributed by atoms with Crippen LogP contribution >= 0.6 is 0 Å². The minimum absolute atomic E-state index is 0.0948. The molecular formula is C18H21NO. The van der Waals surface area contributed by atoms with E-state index in [1.807, 2.05) is 36.4 Å². The maximum Gasteiger partial charge on any atom is 0.124 e. The Kier molecular flexibility index (Phi) is 4.94. The zero-order chi connectivity index (χ0) is 14.4. The van der Waals surface area contributed by atoms with Crippen LogP contribution in [-0.4, -0.2) is 10.8 Å². The second-order valence-corrected chi connectivity index (χ2v) is 4.93. The molecule has 0 fully saturated rings. The molecule has 0 spiro atoms. The van der Waals surface area contributed by atoms with Gasteiger partial charge < -0.3 is 5.11 Å². The normalized spacial score (nSPS) is 13.2. The summed E-state index contributed by atoms with van der Waals surface area (Å²) in [6.07, 6.45) is 1.88. The SMILES string of the molecule is CCCC(=N[C@H](C)c1ccccc1)c1ccccc1O. The summed E-state index contributed by atoms with van der Waals surface area (Å²) in [6, 6.07) is 17.8. The molecule has 0 aliphatic carbocycles. The molecule has 2 nitrogen and oxygen atoms in total. The highest BCUT2D eigenvalue weighted by molar-refractivity contribution is 6.02. The molecule has 2 aromatic carbocycles. The topological polar surface area (TPSA) is 32.6 Å². The monoisotopic (exact) mass is 267 g/mol. The summed E-state index contributed by atoms with van der Waals surface area (Å²) in [5, 5.41) is 10.0. The number of hydrogen-bond donors (Lipinski definition) is 1. The van der Waals surface area contributed by atoms with E-state index in [4.69, 9.17) is 4.99 Å². The number of nitrogens with zero attached hydrogens (tertiary/aromatic N) is 1. The molecule has 1 atom stereocenters. The van der Waals surface area contributed by atoms with Gasteiger partial charge in [-0.1, -0.05) is 55.8 Å². The first-order valence-electron chi connectivity index (χ1n) is 7.12. The summed E-state index contributed by atoms with van der Waals surface area (Å²) in [7, 11) is 0. The van der Waals surface area contributed by atoms with Crippen molar-refractivity contribution in [3.63, 3.8) is 0 Å². The van der Waals surface area contributed by atoms with E-state index in [2.05, 4.69) is 26.0 Å². The standard InChI is InChI=1S/C18H21NO/c1-3-9-17(16-12-7-8-13-18(16)20)19-14(2)15-10-5-4-6-11-15/h4-8,10-14,20H,3,9H2,1-2H3/t14-/m1/s1. The molecule has 2 heteroatoms. The first-order valence-corrected chi connectivity index (χ1v) is 7.12. The van der Waals surface area contributed by atoms with Gasteiger partial charge in [0.1, 0.15) is 5.75 Å². The average Bonchev–Trinajstić information content (AvgIpc) is 2.48. The van der Waals surface area contributed by atoms with Gasteiger partial charge in [-0.2, -0.15) is 0 Å². The Morgan fingerprint density at radius 3 is 2.35 bits per heavy atom. The summed E-state index contributed by atoms with van der Waals surface area (Å²) >= 11 is 0. The molecule has 0 radical (unpaired) electrons. The van der Waals surface area contributed by atoms with Crippen LogP contribution in [0.2, 0.25) is 0 Å². The third kappa shape index (κ3) is 3.47. The van der Waals surface area contributed by atoms with Crippen LogP contribution < -0.4 is 0 Å². The van der Waals surface area contributed by atoms with Crippen molar-refractivity contribution < 1.29 is 5.11 Å². The van der Waals surface area contributed by atoms with Gasteiger partial charge in [0.2, 0.25) is 0 Å². The van der Waals surface area contributed by atoms with Crippen molar-refractivity contribution in [3.05, 3.63) is 65.7 Å². The molecule has 0 aromatic heterocycles. The van der Waals surface area contributed by atoms with E-state index in [-0.39, 0.29) is 6.04 Å². The smallest absolute Gasteiger partial charge is 0.124 e. The number of rotatable bonds is 5. The maximum absolute atomic E-state index is 10.0. The van der Waals surface area contributed by atoms with Crippen molar-refractivity contribution >= 4 is 5.71 Å². The fourth-order valence-corrected chi connectivity index (χ4v) is 2.26. The summed E-state index contributed by atoms with van der Waals surface area (Å²) in [5.74, 6) is 0.306. The number of hydrogen-bond acceptors (Lipinski definition) is 2. The van der Waals surface area contributed by atoms with Crippen molar-refractivity contribution in [2.75, 3.05) is 0 Å². The number of benzene rings is 2. The number of phenolic OH excluding ortho intramolecular Hbond substituents is 1. The lowest BCUT2D eigenvalue weighted by molar-refractivity contribution is 0.474. The lowest BCUT2D eigenvalue weighted by atomic mass is 10.0. The van der Waals surface area contributed by atoms with Crippen LogP contribution in [-0.2, 0) is 0 Å². The predicted molar refractivity (Wildman–Crippen MR) is 84.4 cm³/mol. The fourth-order valence-electron chi connectivity index (χ4n) is 2.26. The summed E-state index contributed by atoms with van der Waals surface area (Å²) < 4.78 is 0. The largest absolute Gasteiger partial charge is 0.507 e. The summed E-state index contributed by atoms with van der Waals surface area (Å²) in [4.78, 5) is 4.82. The van der Waals surface area contributed by atoms with Gasteiger partial charge in [0.25, 0.3) is 0 Å². The second-order valence-electron chi connectivity index (χ2n) is 4.93. The zero-order valence-corrected chi connectivity index (χ0v) is 12.1. The lowest BCUT2D eigenvalue weighted by Gasteiger charge is -2.12. The minimum atomic E-state index is 0.0948. The molecular weight excluding hydrogens is 246 g/mol. The Bertz CT molecular complexity index is 575. The third-order valence-electron chi connectivity index (χ3n) is 3.33. The molecule has 0 heterocycles. The molecule has 104 valence electrons. The highest BCUT2D eigenvalue weighted by atomic mass is 16.3. The maximum atomic E-state index is 10.0. The van der Waals surface area contributed by atoms with E-state index in [0.29, 0.717) is 5.75 Å². The molecule has 1 N–H and O–H groups in total. The summed E-state index contributed by atoms with van der Waals surface area (Å²) in [5.41, 5.74) is 3.01. The summed E-state index contributed by atoms with van der Waals surface area (Å²) in [6.45, 7) is 4.22. The van der Waals surface area contributed by atoms with Crippen molar-refractivity contribution in [2.45, 2.75) is 32.7 Å². The van der Waals surface area contributed by atoms with E-state index < -0.39 is 0 Å². The van der Waals surface area contributed by atoms with Gasteiger partial charge in [-0.25, -0.2) is 0 Å². The van der Waals surface area contributed by atoms with E-state index in [9.17, 15) is 5.11 Å². The van der Waals surface area contributed by atoms with Crippen molar-refractivity contribution in [1.82, 2.24) is 0 Å². The van der Waals surface area contributed by atoms with Crippen LogP contribution in [0.15, 0.2) is 59.6 Å². The van der Waals surface area contributed by atoms with Crippen molar-refractivity contribution in [3.8, 4) is 5.75 Å². The van der Waals surface area contributed by atoms with Crippen LogP contribution in [0.1, 0.15) is 43.9 Å². The van der Waals surface area contributed by atoms with Crippen molar-refractivity contribution in [2.24, 2.45) is 4.99 Å². The van der Waals surface area contributed by atoms with E-state index >= 15 is 0 Å². The average molecular weight is 267 g/mol. The van der Waals surface area contributed by atoms with Gasteiger partial charge in [-0.15, -0.1) is 0 Å². The van der Waals surface area contributed by atoms with Crippen LogP contribution in [0.3, 0.4) is 0 Å². The van der Waals surface area contributed by atoms with Gasteiger partial charge in [-0.05, 0) is 31.0 Å². The number of phenols is 1. The van der Waals surface area contributed by atoms with Crippen LogP contribution in [0.5, 0.6) is 5.75 Å². The van der Waals surface area contributed by atoms with Gasteiger partial charge in [-0.3, -0.25) is 4.99 Å². The first-order chi connectivity index (χ1) is 9.72. The van der Waals surface area contributed by atoms with Crippen LogP contribution in [0.25, 0.3) is 0 Å². The third-order valence-corrected chi connectivity index (χ3v) is 3.33. The van der Waals surface area contributed by atoms with Gasteiger partial charge in [0.15, 0.2) is 0 Å². The van der Waals surface area contributed by atoms with Gasteiger partial charge in [0, 0.05) is 11.3 Å². The highest BCUT2D eigenvalue weighted by Gasteiger charge is 2.10. The minimum Gasteiger partial charge on any atom is -0.507 e. The molecule has 0 saturated carbocycles. The molecule has 0 bridgehead atoms. The molecule has 0 saturated heterocycles. The highest BCUT2D eigenvalue weighted by Crippen LogP contribution is 2.23. The van der Waals surface area contributed by atoms with Crippen molar-refractivity contribution in [1.29, 1.82) is 0 Å². The van der Waals surface area contributed by atoms with Crippen LogP contribution in [0.4, 0.5) is 0 Å². The van der Waals surface area contributed by atoms with E-state index in [1.54, 1.807) is 6.07 Å². The number of aliphatic imine (C=N–C) groups is 1. The fraction of sp³-hybridized carbons (Fsp3) is 0.278. The Morgan fingerprint density at radius 1 is 1.05 bits per heavy atom. The molecule has 0 unspecified atom stereocenters. The molecule has 0 aliphatic heterocycles. The quantitative estimate of drug-likeness (QED) is 0.779. The Morgan fingerprint density at radius 2 is 1.70 bits per heavy atom. The lowest BCUT2D eigenvalue weighted by Crippen LogP contribution is -2.04. The van der Waals surface area contributed by atoms with E-state index in [0.717, 1.165) is 24.1 Å². The zero-order valence-electron chi connectivity index (χ0n) is 12.1. The first kappa shape index (κ1) is 14.3. The van der Waals surface area contributed by atoms with Crippen LogP contribution in [0, 0.1) is 0 Å². The number of para-hydroxylation sites is 1. The van der Waals surface area contributed by atoms with E-state index in [1.165, 1.54) is 5.56 Å². The Hall–Kier alpha value is -2.09. The molecule has 0 amide bonds.